The van der Waals surface area contributed by atoms with Crippen LogP contribution in [0.25, 0.3) is 0 Å². The van der Waals surface area contributed by atoms with Gasteiger partial charge in [0, 0.05) is 16.8 Å². The van der Waals surface area contributed by atoms with Gasteiger partial charge in [0.2, 0.25) is 0 Å². The molecular formula is C14H10N2O. The summed E-state index contributed by atoms with van der Waals surface area (Å²) in [6.45, 7) is 0. The normalized spacial score (nSPS) is 9.59. The number of hydrogen-bond acceptors (Lipinski definition) is 3. The number of para-hydroxylation sites is 1. The van der Waals surface area contributed by atoms with Crippen LogP contribution in [0.5, 0.6) is 0 Å². The molecule has 0 spiro atoms. The summed E-state index contributed by atoms with van der Waals surface area (Å²) in [5.74, 6) is -0.132. The Kier molecular flexibility index (Phi) is 2.89. The van der Waals surface area contributed by atoms with Crippen LogP contribution in [-0.4, -0.2) is 5.78 Å². The summed E-state index contributed by atoms with van der Waals surface area (Å²) in [7, 11) is 0. The highest BCUT2D eigenvalue weighted by Crippen LogP contribution is 2.16. The van der Waals surface area contributed by atoms with E-state index in [1.54, 1.807) is 48.5 Å². The Morgan fingerprint density at radius 1 is 1.06 bits per heavy atom. The fraction of sp³-hybridized carbons (Fsp3) is 0. The van der Waals surface area contributed by atoms with E-state index in [4.69, 9.17) is 11.0 Å². The lowest BCUT2D eigenvalue weighted by Crippen LogP contribution is -2.04. The number of nitrogen functional groups attached to an aromatic ring is 1. The second-order valence-corrected chi connectivity index (χ2v) is 3.61. The number of carbonyl (C=O) groups excluding carboxylic acids is 1. The molecule has 0 aliphatic rings. The minimum Gasteiger partial charge on any atom is -0.398 e. The minimum absolute atomic E-state index is 0.132. The van der Waals surface area contributed by atoms with Crippen LogP contribution in [0.3, 0.4) is 0 Å². The van der Waals surface area contributed by atoms with E-state index in [9.17, 15) is 4.79 Å². The van der Waals surface area contributed by atoms with Crippen molar-refractivity contribution in [2.45, 2.75) is 0 Å². The number of hydrogen-bond donors (Lipinski definition) is 1. The Morgan fingerprint density at radius 2 is 1.71 bits per heavy atom. The maximum atomic E-state index is 12.1. The summed E-state index contributed by atoms with van der Waals surface area (Å²) in [6.07, 6.45) is 0. The molecule has 2 aromatic rings. The predicted molar refractivity (Wildman–Crippen MR) is 65.4 cm³/mol. The van der Waals surface area contributed by atoms with Crippen molar-refractivity contribution in [3.05, 3.63) is 65.2 Å². The van der Waals surface area contributed by atoms with Gasteiger partial charge in [-0.2, -0.15) is 5.26 Å². The molecule has 0 saturated carbocycles. The van der Waals surface area contributed by atoms with Crippen molar-refractivity contribution >= 4 is 11.5 Å². The summed E-state index contributed by atoms with van der Waals surface area (Å²) in [6, 6.07) is 15.4. The first-order valence-corrected chi connectivity index (χ1v) is 5.12. The van der Waals surface area contributed by atoms with Gasteiger partial charge in [-0.15, -0.1) is 0 Å². The Morgan fingerprint density at radius 3 is 2.29 bits per heavy atom. The van der Waals surface area contributed by atoms with E-state index >= 15 is 0 Å². The molecule has 2 N–H and O–H groups in total. The third kappa shape index (κ3) is 2.16. The molecule has 0 amide bonds. The van der Waals surface area contributed by atoms with Crippen LogP contribution >= 0.6 is 0 Å². The Labute approximate surface area is 99.1 Å². The van der Waals surface area contributed by atoms with Gasteiger partial charge < -0.3 is 5.73 Å². The number of benzene rings is 2. The lowest BCUT2D eigenvalue weighted by molar-refractivity contribution is 0.103. The SMILES string of the molecule is N#Cc1ccc(C(=O)c2ccccc2N)cc1. The molecule has 0 saturated heterocycles. The van der Waals surface area contributed by atoms with Gasteiger partial charge in [0.05, 0.1) is 11.6 Å². The third-order valence-corrected chi connectivity index (χ3v) is 2.48. The summed E-state index contributed by atoms with van der Waals surface area (Å²) in [5.41, 5.74) is 7.74. The average molecular weight is 222 g/mol. The van der Waals surface area contributed by atoms with E-state index < -0.39 is 0 Å². The van der Waals surface area contributed by atoms with Gasteiger partial charge in [-0.05, 0) is 36.4 Å². The van der Waals surface area contributed by atoms with Crippen molar-refractivity contribution in [1.29, 1.82) is 5.26 Å². The summed E-state index contributed by atoms with van der Waals surface area (Å²) in [5, 5.41) is 8.67. The van der Waals surface area contributed by atoms with Gasteiger partial charge in [0.25, 0.3) is 0 Å². The smallest absolute Gasteiger partial charge is 0.195 e. The number of anilines is 1. The zero-order chi connectivity index (χ0) is 12.3. The molecule has 0 aliphatic carbocycles. The van der Waals surface area contributed by atoms with Crippen molar-refractivity contribution in [1.82, 2.24) is 0 Å². The van der Waals surface area contributed by atoms with Crippen LogP contribution in [0.4, 0.5) is 5.69 Å². The molecular weight excluding hydrogens is 212 g/mol. The van der Waals surface area contributed by atoms with E-state index in [1.807, 2.05) is 6.07 Å². The molecule has 0 bridgehead atoms. The van der Waals surface area contributed by atoms with Gasteiger partial charge in [-0.25, -0.2) is 0 Å². The standard InChI is InChI=1S/C14H10N2O/c15-9-10-5-7-11(8-6-10)14(17)12-3-1-2-4-13(12)16/h1-8H,16H2. The summed E-state index contributed by atoms with van der Waals surface area (Å²) < 4.78 is 0. The zero-order valence-electron chi connectivity index (χ0n) is 9.05. The van der Waals surface area contributed by atoms with Gasteiger partial charge in [-0.1, -0.05) is 12.1 Å². The first kappa shape index (κ1) is 10.9. The van der Waals surface area contributed by atoms with Crippen LogP contribution in [-0.2, 0) is 0 Å². The highest BCUT2D eigenvalue weighted by atomic mass is 16.1. The maximum Gasteiger partial charge on any atom is 0.195 e. The Hall–Kier alpha value is -2.60. The highest BCUT2D eigenvalue weighted by Gasteiger charge is 2.11. The Balaban J connectivity index is 2.38. The second kappa shape index (κ2) is 4.50. The summed E-state index contributed by atoms with van der Waals surface area (Å²) in [4.78, 5) is 12.1. The van der Waals surface area contributed by atoms with Gasteiger partial charge in [-0.3, -0.25) is 4.79 Å². The number of nitrogens with two attached hydrogens (primary N) is 1. The van der Waals surface area contributed by atoms with Crippen LogP contribution in [0.15, 0.2) is 48.5 Å². The molecule has 17 heavy (non-hydrogen) atoms. The van der Waals surface area contributed by atoms with E-state index in [2.05, 4.69) is 0 Å². The molecule has 2 aromatic carbocycles. The first-order chi connectivity index (χ1) is 8.22. The highest BCUT2D eigenvalue weighted by molar-refractivity contribution is 6.12. The van der Waals surface area contributed by atoms with Crippen molar-refractivity contribution < 1.29 is 4.79 Å². The van der Waals surface area contributed by atoms with E-state index in [0.29, 0.717) is 22.4 Å². The monoisotopic (exact) mass is 222 g/mol. The molecule has 0 unspecified atom stereocenters. The fourth-order valence-electron chi connectivity index (χ4n) is 1.56. The maximum absolute atomic E-state index is 12.1. The molecule has 3 heteroatoms. The first-order valence-electron chi connectivity index (χ1n) is 5.12. The van der Waals surface area contributed by atoms with Gasteiger partial charge >= 0.3 is 0 Å². The fourth-order valence-corrected chi connectivity index (χ4v) is 1.56. The topological polar surface area (TPSA) is 66.9 Å². The molecule has 0 aromatic heterocycles. The molecule has 2 rings (SSSR count). The number of nitrogens with zero attached hydrogens (tertiary/aromatic N) is 1. The predicted octanol–water partition coefficient (Wildman–Crippen LogP) is 2.37. The number of nitriles is 1. The largest absolute Gasteiger partial charge is 0.398 e. The van der Waals surface area contributed by atoms with Crippen LogP contribution in [0, 0.1) is 11.3 Å². The lowest BCUT2D eigenvalue weighted by Gasteiger charge is -2.04. The molecule has 0 fully saturated rings. The Bertz CT molecular complexity index is 594. The second-order valence-electron chi connectivity index (χ2n) is 3.61. The van der Waals surface area contributed by atoms with Crippen LogP contribution < -0.4 is 5.73 Å². The number of ketones is 1. The zero-order valence-corrected chi connectivity index (χ0v) is 9.05. The average Bonchev–Trinajstić information content (AvgIpc) is 2.39. The van der Waals surface area contributed by atoms with Crippen molar-refractivity contribution in [2.75, 3.05) is 5.73 Å². The number of carbonyl (C=O) groups is 1. The van der Waals surface area contributed by atoms with Gasteiger partial charge in [0.1, 0.15) is 0 Å². The number of rotatable bonds is 2. The van der Waals surface area contributed by atoms with Crippen LogP contribution in [0.1, 0.15) is 21.5 Å². The molecule has 0 radical (unpaired) electrons. The third-order valence-electron chi connectivity index (χ3n) is 2.48. The van der Waals surface area contributed by atoms with E-state index in [-0.39, 0.29) is 5.78 Å². The van der Waals surface area contributed by atoms with Crippen molar-refractivity contribution in [3.8, 4) is 6.07 Å². The van der Waals surface area contributed by atoms with Crippen LogP contribution in [0.2, 0.25) is 0 Å². The molecule has 0 atom stereocenters. The van der Waals surface area contributed by atoms with Gasteiger partial charge in [0.15, 0.2) is 5.78 Å². The molecule has 82 valence electrons. The van der Waals surface area contributed by atoms with Crippen molar-refractivity contribution in [2.24, 2.45) is 0 Å². The van der Waals surface area contributed by atoms with E-state index in [1.165, 1.54) is 0 Å². The molecule has 3 nitrogen and oxygen atoms in total. The van der Waals surface area contributed by atoms with E-state index in [0.717, 1.165) is 0 Å². The molecule has 0 aliphatic heterocycles. The molecule has 0 heterocycles. The minimum atomic E-state index is -0.132. The lowest BCUT2D eigenvalue weighted by atomic mass is 10.0. The quantitative estimate of drug-likeness (QED) is 0.626. The van der Waals surface area contributed by atoms with Crippen molar-refractivity contribution in [3.63, 3.8) is 0 Å². The summed E-state index contributed by atoms with van der Waals surface area (Å²) >= 11 is 0.